The van der Waals surface area contributed by atoms with Gasteiger partial charge in [0.1, 0.15) is 5.75 Å². The number of ether oxygens (including phenoxy) is 1. The van der Waals surface area contributed by atoms with Crippen LogP contribution >= 0.6 is 0 Å². The lowest BCUT2D eigenvalue weighted by atomic mass is 9.97. The first kappa shape index (κ1) is 19.5. The van der Waals surface area contributed by atoms with E-state index in [1.807, 2.05) is 31.2 Å². The van der Waals surface area contributed by atoms with Gasteiger partial charge in [-0.25, -0.2) is 0 Å². The Labute approximate surface area is 154 Å². The molecule has 0 bridgehead atoms. The third kappa shape index (κ3) is 5.34. The number of carbonyl (C=O) groups is 2. The molecule has 2 atom stereocenters. The molecule has 2 unspecified atom stereocenters. The van der Waals surface area contributed by atoms with E-state index >= 15 is 0 Å². The van der Waals surface area contributed by atoms with Crippen molar-refractivity contribution in [3.05, 3.63) is 59.7 Å². The number of para-hydroxylation sites is 1. The fourth-order valence-corrected chi connectivity index (χ4v) is 2.88. The third-order valence-corrected chi connectivity index (χ3v) is 4.34. The van der Waals surface area contributed by atoms with E-state index in [4.69, 9.17) is 9.84 Å². The van der Waals surface area contributed by atoms with Gasteiger partial charge in [-0.2, -0.15) is 0 Å². The summed E-state index contributed by atoms with van der Waals surface area (Å²) in [5.41, 5.74) is 2.36. The average Bonchev–Trinajstić information content (AvgIpc) is 2.61. The number of methoxy groups -OCH3 is 1. The zero-order valence-electron chi connectivity index (χ0n) is 15.4. The van der Waals surface area contributed by atoms with Gasteiger partial charge in [0.2, 0.25) is 5.91 Å². The van der Waals surface area contributed by atoms with E-state index in [-0.39, 0.29) is 11.8 Å². The molecule has 0 spiro atoms. The van der Waals surface area contributed by atoms with Crippen LogP contribution in [0.15, 0.2) is 48.5 Å². The minimum Gasteiger partial charge on any atom is -0.496 e. The minimum absolute atomic E-state index is 0.0903. The maximum Gasteiger partial charge on any atom is 0.310 e. The van der Waals surface area contributed by atoms with Crippen LogP contribution in [-0.4, -0.2) is 24.1 Å². The summed E-state index contributed by atoms with van der Waals surface area (Å²) in [5, 5.41) is 12.0. The Morgan fingerprint density at radius 3 is 2.54 bits per heavy atom. The number of rotatable bonds is 8. The third-order valence-electron chi connectivity index (χ3n) is 4.34. The normalized spacial score (nSPS) is 12.9. The molecule has 2 aromatic carbocycles. The van der Waals surface area contributed by atoms with Crippen LogP contribution in [0.5, 0.6) is 5.75 Å². The van der Waals surface area contributed by atoms with Crippen LogP contribution < -0.4 is 10.1 Å². The first-order chi connectivity index (χ1) is 12.4. The van der Waals surface area contributed by atoms with E-state index in [0.29, 0.717) is 17.7 Å². The largest absolute Gasteiger partial charge is 0.496 e. The Kier molecular flexibility index (Phi) is 6.78. The van der Waals surface area contributed by atoms with E-state index in [9.17, 15) is 9.59 Å². The highest BCUT2D eigenvalue weighted by atomic mass is 16.5. The van der Waals surface area contributed by atoms with Crippen LogP contribution in [0.3, 0.4) is 0 Å². The van der Waals surface area contributed by atoms with E-state index in [2.05, 4.69) is 5.32 Å². The first-order valence-corrected chi connectivity index (χ1v) is 8.65. The number of amides is 1. The Morgan fingerprint density at radius 1 is 1.12 bits per heavy atom. The van der Waals surface area contributed by atoms with Gasteiger partial charge in [-0.05, 0) is 48.6 Å². The van der Waals surface area contributed by atoms with Crippen molar-refractivity contribution in [2.45, 2.75) is 32.6 Å². The highest BCUT2D eigenvalue weighted by Gasteiger charge is 2.15. The Hall–Kier alpha value is -2.82. The second-order valence-corrected chi connectivity index (χ2v) is 6.56. The van der Waals surface area contributed by atoms with Gasteiger partial charge >= 0.3 is 5.97 Å². The molecule has 2 rings (SSSR count). The number of hydrogen-bond donors (Lipinski definition) is 2. The van der Waals surface area contributed by atoms with Crippen LogP contribution in [0.4, 0.5) is 5.69 Å². The van der Waals surface area contributed by atoms with Gasteiger partial charge in [0.25, 0.3) is 0 Å². The van der Waals surface area contributed by atoms with Crippen molar-refractivity contribution in [3.63, 3.8) is 0 Å². The average molecular weight is 355 g/mol. The van der Waals surface area contributed by atoms with E-state index in [1.54, 1.807) is 38.3 Å². The summed E-state index contributed by atoms with van der Waals surface area (Å²) in [6.07, 6.45) is 1.12. The summed E-state index contributed by atoms with van der Waals surface area (Å²) in [6, 6.07) is 14.8. The SMILES string of the molecule is COc1ccccc1CC(C)CC(=O)Nc1cccc(C(C)C(=O)O)c1. The molecule has 1 amide bonds. The molecule has 5 nitrogen and oxygen atoms in total. The molecule has 2 aromatic rings. The van der Waals surface area contributed by atoms with Crippen LogP contribution in [-0.2, 0) is 16.0 Å². The predicted molar refractivity (Wildman–Crippen MR) is 102 cm³/mol. The molecule has 0 aliphatic rings. The highest BCUT2D eigenvalue weighted by Crippen LogP contribution is 2.23. The minimum atomic E-state index is -0.890. The topological polar surface area (TPSA) is 75.6 Å². The van der Waals surface area contributed by atoms with Crippen LogP contribution in [0.1, 0.15) is 37.3 Å². The van der Waals surface area contributed by atoms with Crippen molar-refractivity contribution >= 4 is 17.6 Å². The van der Waals surface area contributed by atoms with Gasteiger partial charge in [0.15, 0.2) is 0 Å². The number of carboxylic acids is 1. The quantitative estimate of drug-likeness (QED) is 0.748. The fraction of sp³-hybridized carbons (Fsp3) is 0.333. The lowest BCUT2D eigenvalue weighted by Crippen LogP contribution is -2.17. The molecule has 0 radical (unpaired) electrons. The van der Waals surface area contributed by atoms with E-state index in [1.165, 1.54) is 0 Å². The Bertz CT molecular complexity index is 772. The molecule has 0 saturated carbocycles. The molecule has 0 aromatic heterocycles. The molecule has 5 heteroatoms. The van der Waals surface area contributed by atoms with Gasteiger partial charge in [-0.1, -0.05) is 37.3 Å². The lowest BCUT2D eigenvalue weighted by Gasteiger charge is -2.15. The van der Waals surface area contributed by atoms with Crippen molar-refractivity contribution in [2.24, 2.45) is 5.92 Å². The number of nitrogens with one attached hydrogen (secondary N) is 1. The summed E-state index contributed by atoms with van der Waals surface area (Å²) in [5.74, 6) is -0.620. The van der Waals surface area contributed by atoms with Crippen LogP contribution in [0, 0.1) is 5.92 Å². The van der Waals surface area contributed by atoms with Crippen LogP contribution in [0.25, 0.3) is 0 Å². The molecular formula is C21H25NO4. The molecule has 0 fully saturated rings. The van der Waals surface area contributed by atoms with Gasteiger partial charge in [-0.15, -0.1) is 0 Å². The molecule has 0 aliphatic carbocycles. The zero-order valence-corrected chi connectivity index (χ0v) is 15.4. The van der Waals surface area contributed by atoms with Crippen molar-refractivity contribution in [1.82, 2.24) is 0 Å². The van der Waals surface area contributed by atoms with Crippen LogP contribution in [0.2, 0.25) is 0 Å². The molecular weight excluding hydrogens is 330 g/mol. The number of hydrogen-bond acceptors (Lipinski definition) is 3. The summed E-state index contributed by atoms with van der Waals surface area (Å²) < 4.78 is 5.35. The molecule has 0 heterocycles. The standard InChI is InChI=1S/C21H25NO4/c1-14(11-17-7-4-5-10-19(17)26-3)12-20(23)22-18-9-6-8-16(13-18)15(2)21(24)25/h4-10,13-15H,11-12H2,1-3H3,(H,22,23)(H,24,25). The number of benzene rings is 2. The van der Waals surface area contributed by atoms with Crippen molar-refractivity contribution in [2.75, 3.05) is 12.4 Å². The number of carbonyl (C=O) groups excluding carboxylic acids is 1. The summed E-state index contributed by atoms with van der Waals surface area (Å²) in [4.78, 5) is 23.4. The van der Waals surface area contributed by atoms with Gasteiger partial charge in [-0.3, -0.25) is 9.59 Å². The molecule has 0 saturated heterocycles. The molecule has 0 aliphatic heterocycles. The van der Waals surface area contributed by atoms with Crippen molar-refractivity contribution in [1.29, 1.82) is 0 Å². The highest BCUT2D eigenvalue weighted by molar-refractivity contribution is 5.91. The van der Waals surface area contributed by atoms with Crippen molar-refractivity contribution < 1.29 is 19.4 Å². The zero-order chi connectivity index (χ0) is 19.1. The summed E-state index contributed by atoms with van der Waals surface area (Å²) >= 11 is 0. The van der Waals surface area contributed by atoms with E-state index < -0.39 is 11.9 Å². The first-order valence-electron chi connectivity index (χ1n) is 8.65. The maximum absolute atomic E-state index is 12.3. The second-order valence-electron chi connectivity index (χ2n) is 6.56. The van der Waals surface area contributed by atoms with Gasteiger partial charge in [0.05, 0.1) is 13.0 Å². The molecule has 26 heavy (non-hydrogen) atoms. The molecule has 138 valence electrons. The number of anilines is 1. The van der Waals surface area contributed by atoms with Gasteiger partial charge in [0, 0.05) is 12.1 Å². The fourth-order valence-electron chi connectivity index (χ4n) is 2.88. The van der Waals surface area contributed by atoms with Crippen molar-refractivity contribution in [3.8, 4) is 5.75 Å². The lowest BCUT2D eigenvalue weighted by molar-refractivity contribution is -0.138. The maximum atomic E-state index is 12.3. The smallest absolute Gasteiger partial charge is 0.310 e. The monoisotopic (exact) mass is 355 g/mol. The van der Waals surface area contributed by atoms with E-state index in [0.717, 1.165) is 17.7 Å². The van der Waals surface area contributed by atoms with Gasteiger partial charge < -0.3 is 15.2 Å². The Balaban J connectivity index is 1.96. The predicted octanol–water partition coefficient (Wildman–Crippen LogP) is 4.09. The molecule has 2 N–H and O–H groups in total. The Morgan fingerprint density at radius 2 is 1.85 bits per heavy atom. The number of carboxylic acid groups (broad SMARTS) is 1. The summed E-state index contributed by atoms with van der Waals surface area (Å²) in [6.45, 7) is 3.65. The number of aliphatic carboxylic acids is 1. The second kappa shape index (κ2) is 9.04. The summed E-state index contributed by atoms with van der Waals surface area (Å²) in [7, 11) is 1.64.